The second-order valence-corrected chi connectivity index (χ2v) is 12.8. The van der Waals surface area contributed by atoms with Crippen LogP contribution < -0.4 is 10.9 Å². The van der Waals surface area contributed by atoms with Gasteiger partial charge in [-0.2, -0.15) is 0 Å². The van der Waals surface area contributed by atoms with E-state index in [1.807, 2.05) is 45.2 Å². The first-order chi connectivity index (χ1) is 21.5. The molecule has 6 rings (SSSR count). The molecule has 2 aromatic heterocycles. The van der Waals surface area contributed by atoms with Crippen molar-refractivity contribution >= 4 is 28.8 Å². The molecule has 0 bridgehead atoms. The first-order valence-electron chi connectivity index (χ1n) is 15.7. The summed E-state index contributed by atoms with van der Waals surface area (Å²) in [5, 5.41) is 6.56. The van der Waals surface area contributed by atoms with Crippen molar-refractivity contribution in [2.45, 2.75) is 58.5 Å². The van der Waals surface area contributed by atoms with Crippen LogP contribution in [0.3, 0.4) is 0 Å². The number of benzene rings is 2. The predicted octanol–water partition coefficient (Wildman–Crippen LogP) is 6.56. The zero-order chi connectivity index (χ0) is 30.6. The Hall–Kier alpha value is -3.30. The number of halogens is 1. The van der Waals surface area contributed by atoms with Crippen LogP contribution in [0.25, 0.3) is 27.5 Å². The molecule has 9 heteroatoms. The van der Waals surface area contributed by atoms with Gasteiger partial charge in [0.25, 0.3) is 11.5 Å². The molecule has 0 spiro atoms. The number of amides is 1. The van der Waals surface area contributed by atoms with Crippen LogP contribution in [-0.2, 0) is 24.0 Å². The molecule has 230 valence electrons. The molecule has 7 nitrogen and oxygen atoms in total. The summed E-state index contributed by atoms with van der Waals surface area (Å²) >= 11 is 7.55. The van der Waals surface area contributed by atoms with E-state index >= 15 is 0 Å². The Morgan fingerprint density at radius 2 is 1.80 bits per heavy atom. The fourth-order valence-electron chi connectivity index (χ4n) is 6.30. The van der Waals surface area contributed by atoms with Crippen LogP contribution in [0.1, 0.15) is 60.3 Å². The summed E-state index contributed by atoms with van der Waals surface area (Å²) in [4.78, 5) is 36.1. The van der Waals surface area contributed by atoms with Gasteiger partial charge in [-0.15, -0.1) is 11.3 Å². The van der Waals surface area contributed by atoms with Gasteiger partial charge in [0, 0.05) is 60.9 Å². The van der Waals surface area contributed by atoms with Gasteiger partial charge in [-0.3, -0.25) is 14.2 Å². The maximum absolute atomic E-state index is 14.8. The fourth-order valence-corrected chi connectivity index (χ4v) is 7.27. The van der Waals surface area contributed by atoms with E-state index in [-0.39, 0.29) is 17.6 Å². The van der Waals surface area contributed by atoms with Gasteiger partial charge in [0.2, 0.25) is 0 Å². The molecule has 0 saturated carbocycles. The highest BCUT2D eigenvalue weighted by Crippen LogP contribution is 2.32. The number of rotatable bonds is 8. The standard InChI is InChI=1S/C35H39ClN4O3S/c1-3-23-8-7-9-24(4-2)32(23)40-31(20-27-10-5-6-19-43-27)28(34(41)39-17-15-37-16-18-39)21-29(35(40)42)33-38-30(22-44-33)25-11-13-26(36)14-12-25/h7-9,11-14,21-22,27,37H,3-6,10,15-20H2,1-2H3. The molecular formula is C35H39ClN4O3S. The van der Waals surface area contributed by atoms with Crippen LogP contribution in [0.2, 0.25) is 5.02 Å². The Morgan fingerprint density at radius 3 is 2.45 bits per heavy atom. The first kappa shape index (κ1) is 30.7. The highest BCUT2D eigenvalue weighted by Gasteiger charge is 2.30. The average Bonchev–Trinajstić information content (AvgIpc) is 3.56. The number of thiazole rings is 1. The van der Waals surface area contributed by atoms with Gasteiger partial charge in [-0.05, 0) is 61.4 Å². The van der Waals surface area contributed by atoms with Crippen molar-refractivity contribution in [3.8, 4) is 27.5 Å². The predicted molar refractivity (Wildman–Crippen MR) is 178 cm³/mol. The van der Waals surface area contributed by atoms with Crippen LogP contribution in [0, 0.1) is 0 Å². The second kappa shape index (κ2) is 13.8. The summed E-state index contributed by atoms with van der Waals surface area (Å²) in [6, 6.07) is 15.6. The Balaban J connectivity index is 1.60. The van der Waals surface area contributed by atoms with Gasteiger partial charge in [-0.1, -0.05) is 55.8 Å². The Morgan fingerprint density at radius 1 is 1.07 bits per heavy atom. The molecule has 1 N–H and O–H groups in total. The number of carbonyl (C=O) groups excluding carboxylic acids is 1. The van der Waals surface area contributed by atoms with E-state index in [1.165, 1.54) is 11.3 Å². The third-order valence-electron chi connectivity index (χ3n) is 8.70. The van der Waals surface area contributed by atoms with Crippen LogP contribution in [-0.4, -0.2) is 59.2 Å². The molecule has 0 aliphatic carbocycles. The second-order valence-electron chi connectivity index (χ2n) is 11.5. The van der Waals surface area contributed by atoms with E-state index in [1.54, 1.807) is 0 Å². The minimum atomic E-state index is -0.153. The highest BCUT2D eigenvalue weighted by atomic mass is 35.5. The molecule has 1 unspecified atom stereocenters. The number of piperazine rings is 1. The smallest absolute Gasteiger partial charge is 0.265 e. The lowest BCUT2D eigenvalue weighted by molar-refractivity contribution is 0.0157. The summed E-state index contributed by atoms with van der Waals surface area (Å²) in [5.74, 6) is -0.0474. The third-order valence-corrected chi connectivity index (χ3v) is 9.82. The van der Waals surface area contributed by atoms with Crippen LogP contribution in [0.4, 0.5) is 0 Å². The lowest BCUT2D eigenvalue weighted by atomic mass is 9.96. The summed E-state index contributed by atoms with van der Waals surface area (Å²) < 4.78 is 8.06. The first-order valence-corrected chi connectivity index (χ1v) is 17.0. The van der Waals surface area contributed by atoms with E-state index < -0.39 is 0 Å². The Bertz CT molecular complexity index is 1660. The third kappa shape index (κ3) is 6.26. The summed E-state index contributed by atoms with van der Waals surface area (Å²) in [5.41, 5.74) is 6.32. The molecule has 4 heterocycles. The number of aromatic nitrogens is 2. The van der Waals surface area contributed by atoms with Gasteiger partial charge < -0.3 is 15.0 Å². The number of pyridine rings is 1. The van der Waals surface area contributed by atoms with Crippen LogP contribution in [0.15, 0.2) is 58.7 Å². The Kier molecular flexibility index (Phi) is 9.62. The molecule has 2 aliphatic heterocycles. The largest absolute Gasteiger partial charge is 0.378 e. The number of nitrogens with one attached hydrogen (secondary N) is 1. The lowest BCUT2D eigenvalue weighted by Crippen LogP contribution is -2.47. The quantitative estimate of drug-likeness (QED) is 0.239. The van der Waals surface area contributed by atoms with Gasteiger partial charge in [0.15, 0.2) is 0 Å². The maximum atomic E-state index is 14.8. The normalized spacial score (nSPS) is 17.2. The molecule has 2 fully saturated rings. The maximum Gasteiger partial charge on any atom is 0.265 e. The molecule has 44 heavy (non-hydrogen) atoms. The van der Waals surface area contributed by atoms with E-state index in [9.17, 15) is 9.59 Å². The molecule has 2 aromatic carbocycles. The van der Waals surface area contributed by atoms with Crippen LogP contribution in [0.5, 0.6) is 0 Å². The molecule has 2 aliphatic rings. The van der Waals surface area contributed by atoms with E-state index in [4.69, 9.17) is 21.3 Å². The van der Waals surface area contributed by atoms with Crippen molar-refractivity contribution in [1.82, 2.24) is 19.8 Å². The molecule has 4 aromatic rings. The van der Waals surface area contributed by atoms with E-state index in [2.05, 4.69) is 37.4 Å². The van der Waals surface area contributed by atoms with Gasteiger partial charge >= 0.3 is 0 Å². The van der Waals surface area contributed by atoms with E-state index in [0.29, 0.717) is 47.3 Å². The zero-order valence-electron chi connectivity index (χ0n) is 25.4. The van der Waals surface area contributed by atoms with Crippen molar-refractivity contribution < 1.29 is 9.53 Å². The van der Waals surface area contributed by atoms with Gasteiger partial charge in [-0.25, -0.2) is 4.98 Å². The molecule has 0 radical (unpaired) electrons. The van der Waals surface area contributed by atoms with Crippen molar-refractivity contribution in [1.29, 1.82) is 0 Å². The number of nitrogens with zero attached hydrogens (tertiary/aromatic N) is 3. The summed E-state index contributed by atoms with van der Waals surface area (Å²) in [6.07, 6.45) is 4.99. The van der Waals surface area contributed by atoms with Crippen molar-refractivity contribution in [2.75, 3.05) is 32.8 Å². The minimum Gasteiger partial charge on any atom is -0.378 e. The summed E-state index contributed by atoms with van der Waals surface area (Å²) in [7, 11) is 0. The number of para-hydroxylation sites is 1. The monoisotopic (exact) mass is 630 g/mol. The van der Waals surface area contributed by atoms with Gasteiger partial charge in [0.05, 0.1) is 28.6 Å². The number of hydrogen-bond acceptors (Lipinski definition) is 6. The minimum absolute atomic E-state index is 0.0474. The number of ether oxygens (including phenoxy) is 1. The summed E-state index contributed by atoms with van der Waals surface area (Å²) in [6.45, 7) is 7.66. The van der Waals surface area contributed by atoms with Crippen LogP contribution >= 0.6 is 22.9 Å². The number of aryl methyl sites for hydroxylation is 2. The Labute approximate surface area is 267 Å². The van der Waals surface area contributed by atoms with Gasteiger partial charge in [0.1, 0.15) is 5.01 Å². The molecule has 2 saturated heterocycles. The lowest BCUT2D eigenvalue weighted by Gasteiger charge is -2.31. The highest BCUT2D eigenvalue weighted by molar-refractivity contribution is 7.13. The molecule has 1 amide bonds. The topological polar surface area (TPSA) is 76.5 Å². The SMILES string of the molecule is CCc1cccc(CC)c1-n1c(CC2CCCCO2)c(C(=O)N2CCNCC2)cc(-c2nc(-c3ccc(Cl)cc3)cs2)c1=O. The van der Waals surface area contributed by atoms with Crippen molar-refractivity contribution in [2.24, 2.45) is 0 Å². The van der Waals surface area contributed by atoms with Crippen molar-refractivity contribution in [3.05, 3.63) is 91.7 Å². The zero-order valence-corrected chi connectivity index (χ0v) is 27.0. The average molecular weight is 631 g/mol. The van der Waals surface area contributed by atoms with Crippen molar-refractivity contribution in [3.63, 3.8) is 0 Å². The molecule has 1 atom stereocenters. The number of carbonyl (C=O) groups is 1. The molecular weight excluding hydrogens is 592 g/mol. The fraction of sp³-hybridized carbons (Fsp3) is 0.400. The number of hydrogen-bond donors (Lipinski definition) is 1. The van der Waals surface area contributed by atoms with E-state index in [0.717, 1.165) is 79.0 Å².